The third-order valence-electron chi connectivity index (χ3n) is 5.31. The van der Waals surface area contributed by atoms with Gasteiger partial charge in [-0.05, 0) is 57.0 Å². The minimum absolute atomic E-state index is 0.303. The lowest BCUT2D eigenvalue weighted by molar-refractivity contribution is 0.00578. The highest BCUT2D eigenvalue weighted by molar-refractivity contribution is 6.55. The number of rotatable bonds is 6. The lowest BCUT2D eigenvalue weighted by Gasteiger charge is -2.32. The number of benzene rings is 2. The summed E-state index contributed by atoms with van der Waals surface area (Å²) in [6.45, 7) is 7.89. The molecule has 1 saturated heterocycles. The van der Waals surface area contributed by atoms with Crippen LogP contribution in [0.4, 0.5) is 4.39 Å². The Morgan fingerprint density at radius 3 is 2.14 bits per heavy atom. The van der Waals surface area contributed by atoms with Crippen molar-refractivity contribution < 1.29 is 18.4 Å². The van der Waals surface area contributed by atoms with E-state index in [2.05, 4.69) is 0 Å². The van der Waals surface area contributed by atoms with Gasteiger partial charge >= 0.3 is 7.12 Å². The molecule has 0 bridgehead atoms. The summed E-state index contributed by atoms with van der Waals surface area (Å²) >= 11 is 6.35. The van der Waals surface area contributed by atoms with Crippen LogP contribution in [0.5, 0.6) is 5.75 Å². The maximum absolute atomic E-state index is 15.6. The predicted molar refractivity (Wildman–Crippen MR) is 112 cm³/mol. The van der Waals surface area contributed by atoms with Gasteiger partial charge in [-0.2, -0.15) is 0 Å². The van der Waals surface area contributed by atoms with Gasteiger partial charge in [0, 0.05) is 11.4 Å². The summed E-state index contributed by atoms with van der Waals surface area (Å²) in [6.07, 6.45) is 0.328. The summed E-state index contributed by atoms with van der Waals surface area (Å²) in [6, 6.07) is 16.6. The van der Waals surface area contributed by atoms with Gasteiger partial charge in [-0.15, -0.1) is 0 Å². The molecule has 3 rings (SSSR count). The van der Waals surface area contributed by atoms with Crippen LogP contribution in [0.15, 0.2) is 60.3 Å². The SMILES string of the molecule is CC1(C)OB(C(F)=C(CCOc2ccccc2)c2ccccc2Cl)OC1(C)C. The highest BCUT2D eigenvalue weighted by atomic mass is 35.5. The average molecular weight is 403 g/mol. The van der Waals surface area contributed by atoms with E-state index >= 15 is 4.39 Å². The summed E-state index contributed by atoms with van der Waals surface area (Å²) in [7, 11) is -1.08. The molecule has 0 N–H and O–H groups in total. The first-order valence-corrected chi connectivity index (χ1v) is 9.76. The second-order valence-electron chi connectivity index (χ2n) is 7.81. The molecule has 28 heavy (non-hydrogen) atoms. The van der Waals surface area contributed by atoms with Crippen LogP contribution in [0.1, 0.15) is 39.7 Å². The van der Waals surface area contributed by atoms with Crippen molar-refractivity contribution in [2.24, 2.45) is 0 Å². The predicted octanol–water partition coefficient (Wildman–Crippen LogP) is 6.12. The molecule has 6 heteroatoms. The Labute approximate surface area is 171 Å². The molecular formula is C22H25BClFO3. The van der Waals surface area contributed by atoms with Gasteiger partial charge in [0.25, 0.3) is 0 Å². The fourth-order valence-electron chi connectivity index (χ4n) is 2.97. The Morgan fingerprint density at radius 2 is 1.54 bits per heavy atom. The lowest BCUT2D eigenvalue weighted by Crippen LogP contribution is -2.41. The molecule has 2 aromatic rings. The summed E-state index contributed by atoms with van der Waals surface area (Å²) in [5.41, 5.74) is -0.668. The molecule has 1 heterocycles. The first-order valence-electron chi connectivity index (χ1n) is 9.38. The molecule has 0 saturated carbocycles. The Hall–Kier alpha value is -1.82. The Morgan fingerprint density at radius 1 is 0.964 bits per heavy atom. The van der Waals surface area contributed by atoms with E-state index in [1.807, 2.05) is 70.2 Å². The quantitative estimate of drug-likeness (QED) is 0.545. The van der Waals surface area contributed by atoms with Gasteiger partial charge < -0.3 is 14.0 Å². The number of hydrogen-bond donors (Lipinski definition) is 0. The highest BCUT2D eigenvalue weighted by Gasteiger charge is 2.53. The summed E-state index contributed by atoms with van der Waals surface area (Å²) in [5.74, 6) is 0.733. The zero-order valence-corrected chi connectivity index (χ0v) is 17.4. The van der Waals surface area contributed by atoms with Crippen LogP contribution in [-0.2, 0) is 9.31 Å². The zero-order valence-electron chi connectivity index (χ0n) is 16.7. The van der Waals surface area contributed by atoms with Gasteiger partial charge in [-0.25, -0.2) is 4.39 Å². The van der Waals surface area contributed by atoms with Crippen LogP contribution in [0.2, 0.25) is 5.02 Å². The van der Waals surface area contributed by atoms with Crippen LogP contribution in [0, 0.1) is 0 Å². The number of hydrogen-bond acceptors (Lipinski definition) is 3. The molecule has 0 radical (unpaired) electrons. The fourth-order valence-corrected chi connectivity index (χ4v) is 3.21. The Bertz CT molecular complexity index is 836. The van der Waals surface area contributed by atoms with Crippen LogP contribution in [0.3, 0.4) is 0 Å². The van der Waals surface area contributed by atoms with Crippen molar-refractivity contribution in [3.63, 3.8) is 0 Å². The van der Waals surface area contributed by atoms with E-state index in [0.29, 0.717) is 29.2 Å². The standard InChI is InChI=1S/C22H25BClFO3/c1-21(2)22(3,4)28-23(27-21)20(25)18(17-12-8-9-13-19(17)24)14-15-26-16-10-6-5-7-11-16/h5-13H,14-15H2,1-4H3. The normalized spacial score (nSPS) is 18.7. The maximum Gasteiger partial charge on any atom is 0.525 e. The molecule has 0 amide bonds. The molecular weight excluding hydrogens is 378 g/mol. The van der Waals surface area contributed by atoms with Gasteiger partial charge in [0.15, 0.2) is 0 Å². The van der Waals surface area contributed by atoms with E-state index in [1.165, 1.54) is 0 Å². The molecule has 148 valence electrons. The smallest absolute Gasteiger partial charge is 0.493 e. The second-order valence-corrected chi connectivity index (χ2v) is 8.21. The third kappa shape index (κ3) is 4.43. The van der Waals surface area contributed by atoms with Crippen molar-refractivity contribution in [2.45, 2.75) is 45.3 Å². The Kier molecular flexibility index (Phi) is 6.18. The summed E-state index contributed by atoms with van der Waals surface area (Å²) in [4.78, 5) is 0. The van der Waals surface area contributed by atoms with Crippen LogP contribution < -0.4 is 4.74 Å². The van der Waals surface area contributed by atoms with E-state index in [0.717, 1.165) is 5.75 Å². The fraction of sp³-hybridized carbons (Fsp3) is 0.364. The van der Waals surface area contributed by atoms with Crippen molar-refractivity contribution in [1.29, 1.82) is 0 Å². The molecule has 0 atom stereocenters. The van der Waals surface area contributed by atoms with E-state index < -0.39 is 24.0 Å². The minimum atomic E-state index is -1.08. The largest absolute Gasteiger partial charge is 0.525 e. The molecule has 1 fully saturated rings. The molecule has 3 nitrogen and oxygen atoms in total. The average Bonchev–Trinajstić information content (AvgIpc) is 2.87. The van der Waals surface area contributed by atoms with Crippen molar-refractivity contribution in [2.75, 3.05) is 6.61 Å². The first kappa shape index (κ1) is 20.9. The first-order chi connectivity index (χ1) is 13.2. The van der Waals surface area contributed by atoms with Crippen molar-refractivity contribution in [1.82, 2.24) is 0 Å². The van der Waals surface area contributed by atoms with E-state index in [9.17, 15) is 0 Å². The third-order valence-corrected chi connectivity index (χ3v) is 5.64. The molecule has 0 aromatic heterocycles. The molecule has 0 unspecified atom stereocenters. The Balaban J connectivity index is 1.88. The number of para-hydroxylation sites is 1. The van der Waals surface area contributed by atoms with Gasteiger partial charge in [-0.3, -0.25) is 0 Å². The topological polar surface area (TPSA) is 27.7 Å². The highest BCUT2D eigenvalue weighted by Crippen LogP contribution is 2.41. The van der Waals surface area contributed by atoms with Crippen LogP contribution in [-0.4, -0.2) is 24.9 Å². The number of ether oxygens (including phenoxy) is 1. The second kappa shape index (κ2) is 8.28. The van der Waals surface area contributed by atoms with Crippen molar-refractivity contribution >= 4 is 24.3 Å². The van der Waals surface area contributed by atoms with Gasteiger partial charge in [-0.1, -0.05) is 48.0 Å². The molecule has 0 spiro atoms. The molecule has 1 aliphatic heterocycles. The van der Waals surface area contributed by atoms with E-state index in [4.69, 9.17) is 25.6 Å². The van der Waals surface area contributed by atoms with Crippen LogP contribution >= 0.6 is 11.6 Å². The van der Waals surface area contributed by atoms with Gasteiger partial charge in [0.2, 0.25) is 0 Å². The number of halogens is 2. The van der Waals surface area contributed by atoms with Gasteiger partial charge in [0.1, 0.15) is 11.5 Å². The molecule has 1 aliphatic rings. The van der Waals surface area contributed by atoms with Crippen molar-refractivity contribution in [3.05, 3.63) is 70.9 Å². The van der Waals surface area contributed by atoms with E-state index in [1.54, 1.807) is 12.1 Å². The van der Waals surface area contributed by atoms with Crippen molar-refractivity contribution in [3.8, 4) is 5.75 Å². The minimum Gasteiger partial charge on any atom is -0.493 e. The van der Waals surface area contributed by atoms with Gasteiger partial charge in [0.05, 0.1) is 17.8 Å². The summed E-state index contributed by atoms with van der Waals surface area (Å²) < 4.78 is 33.1. The summed E-state index contributed by atoms with van der Waals surface area (Å²) in [5, 5.41) is 0.476. The molecule has 2 aromatic carbocycles. The monoisotopic (exact) mass is 402 g/mol. The lowest BCUT2D eigenvalue weighted by atomic mass is 9.82. The molecule has 0 aliphatic carbocycles. The van der Waals surface area contributed by atoms with Crippen LogP contribution in [0.25, 0.3) is 5.57 Å². The zero-order chi connectivity index (χ0) is 20.4. The van der Waals surface area contributed by atoms with E-state index in [-0.39, 0.29) is 0 Å². The maximum atomic E-state index is 15.6.